The lowest BCUT2D eigenvalue weighted by Gasteiger charge is -2.07. The molecule has 0 aliphatic heterocycles. The van der Waals surface area contributed by atoms with Gasteiger partial charge in [0.15, 0.2) is 5.75 Å². The molecule has 26 heavy (non-hydrogen) atoms. The van der Waals surface area contributed by atoms with E-state index in [1.165, 1.54) is 0 Å². The maximum Gasteiger partial charge on any atom is 0.257 e. The minimum Gasteiger partial charge on any atom is -0.491 e. The third-order valence-electron chi connectivity index (χ3n) is 4.75. The minimum absolute atomic E-state index is 0.446. The summed E-state index contributed by atoms with van der Waals surface area (Å²) in [4.78, 5) is 9.20. The molecule has 0 saturated carbocycles. The van der Waals surface area contributed by atoms with Gasteiger partial charge in [-0.05, 0) is 17.7 Å². The van der Waals surface area contributed by atoms with Crippen LogP contribution in [-0.2, 0) is 20.0 Å². The fourth-order valence-electron chi connectivity index (χ4n) is 3.39. The molecule has 0 fully saturated rings. The summed E-state index contributed by atoms with van der Waals surface area (Å²) in [6.45, 7) is 0. The van der Waals surface area contributed by atoms with Crippen molar-refractivity contribution in [1.82, 2.24) is 19.1 Å². The zero-order valence-corrected chi connectivity index (χ0v) is 15.8. The first-order valence-corrected chi connectivity index (χ1v) is 8.70. The Balaban J connectivity index is 2.03. The Morgan fingerprint density at radius 2 is 1.96 bits per heavy atom. The van der Waals surface area contributed by atoms with Crippen LogP contribution in [0.5, 0.6) is 11.6 Å². The van der Waals surface area contributed by atoms with E-state index in [9.17, 15) is 0 Å². The predicted octanol–water partition coefficient (Wildman–Crippen LogP) is 3.88. The molecule has 0 spiro atoms. The lowest BCUT2D eigenvalue weighted by molar-refractivity contribution is 0.344. The van der Waals surface area contributed by atoms with Gasteiger partial charge in [-0.25, -0.2) is 9.97 Å². The lowest BCUT2D eigenvalue weighted by Crippen LogP contribution is -1.96. The fourth-order valence-corrected chi connectivity index (χ4v) is 3.62. The summed E-state index contributed by atoms with van der Waals surface area (Å²) in [7, 11) is 7.19. The molecule has 134 valence electrons. The van der Waals surface area contributed by atoms with Gasteiger partial charge >= 0.3 is 0 Å². The maximum absolute atomic E-state index is 6.10. The summed E-state index contributed by atoms with van der Waals surface area (Å²) in [5, 5.41) is 1.05. The highest BCUT2D eigenvalue weighted by Gasteiger charge is 2.19. The van der Waals surface area contributed by atoms with Crippen molar-refractivity contribution in [3.63, 3.8) is 0 Å². The van der Waals surface area contributed by atoms with Gasteiger partial charge in [-0.1, -0.05) is 0 Å². The third kappa shape index (κ3) is 2.33. The van der Waals surface area contributed by atoms with Crippen LogP contribution in [0.3, 0.4) is 0 Å². The molecule has 0 aliphatic rings. The Labute approximate surface area is 155 Å². The highest BCUT2D eigenvalue weighted by Crippen LogP contribution is 2.37. The Bertz CT molecular complexity index is 1130. The summed E-state index contributed by atoms with van der Waals surface area (Å²) < 4.78 is 14.9. The van der Waals surface area contributed by atoms with E-state index in [0.29, 0.717) is 17.5 Å². The second-order valence-electron chi connectivity index (χ2n) is 6.15. The van der Waals surface area contributed by atoms with Gasteiger partial charge in [-0.15, -0.1) is 11.6 Å². The molecular weight excluding hydrogens is 352 g/mol. The Morgan fingerprint density at radius 1 is 1.15 bits per heavy atom. The van der Waals surface area contributed by atoms with E-state index in [1.54, 1.807) is 20.4 Å². The van der Waals surface area contributed by atoms with Gasteiger partial charge in [0.2, 0.25) is 0 Å². The number of rotatable bonds is 4. The Morgan fingerprint density at radius 3 is 2.65 bits per heavy atom. The Hall–Kier alpha value is -2.73. The maximum atomic E-state index is 6.10. The first-order chi connectivity index (χ1) is 12.6. The molecule has 4 rings (SSSR count). The summed E-state index contributed by atoms with van der Waals surface area (Å²) in [5.74, 6) is 1.52. The quantitative estimate of drug-likeness (QED) is 0.511. The molecule has 0 N–H and O–H groups in total. The molecule has 0 bridgehead atoms. The largest absolute Gasteiger partial charge is 0.491 e. The number of nitrogens with zero attached hydrogens (tertiary/aromatic N) is 4. The van der Waals surface area contributed by atoms with E-state index in [2.05, 4.69) is 26.8 Å². The average molecular weight is 371 g/mol. The molecule has 4 heterocycles. The minimum atomic E-state index is 0.446. The smallest absolute Gasteiger partial charge is 0.257 e. The van der Waals surface area contributed by atoms with E-state index in [0.717, 1.165) is 38.9 Å². The monoisotopic (exact) mass is 370 g/mol. The number of hydrogen-bond acceptors (Lipinski definition) is 4. The number of fused-ring (bicyclic) bond motifs is 2. The number of hydrogen-bond donors (Lipinski definition) is 0. The van der Waals surface area contributed by atoms with Crippen LogP contribution in [0.15, 0.2) is 30.6 Å². The van der Waals surface area contributed by atoms with Crippen molar-refractivity contribution >= 4 is 33.7 Å². The van der Waals surface area contributed by atoms with E-state index in [1.807, 2.05) is 30.8 Å². The zero-order chi connectivity index (χ0) is 18.4. The highest BCUT2D eigenvalue weighted by molar-refractivity contribution is 6.18. The SMILES string of the molecule is COc1cc2c(nc1OC)c(-c1cc3c(CCl)ccnc3n1C)cn2C. The molecule has 0 amide bonds. The lowest BCUT2D eigenvalue weighted by atomic mass is 10.1. The number of ether oxygens (including phenoxy) is 2. The van der Waals surface area contributed by atoms with Crippen molar-refractivity contribution in [1.29, 1.82) is 0 Å². The zero-order valence-electron chi connectivity index (χ0n) is 15.1. The van der Waals surface area contributed by atoms with Gasteiger partial charge < -0.3 is 18.6 Å². The van der Waals surface area contributed by atoms with Gasteiger partial charge in [0, 0.05) is 49.4 Å². The molecule has 0 radical (unpaired) electrons. The van der Waals surface area contributed by atoms with Crippen LogP contribution in [0.4, 0.5) is 0 Å². The number of halogens is 1. The Kier molecular flexibility index (Phi) is 4.00. The number of alkyl halides is 1. The van der Waals surface area contributed by atoms with Crippen molar-refractivity contribution in [2.24, 2.45) is 14.1 Å². The van der Waals surface area contributed by atoms with Crippen LogP contribution in [0.25, 0.3) is 33.3 Å². The van der Waals surface area contributed by atoms with Crippen molar-refractivity contribution in [2.45, 2.75) is 5.88 Å². The third-order valence-corrected chi connectivity index (χ3v) is 5.03. The number of aryl methyl sites for hydroxylation is 2. The molecule has 0 aliphatic carbocycles. The molecule has 0 saturated heterocycles. The summed E-state index contributed by atoms with van der Waals surface area (Å²) in [5.41, 5.74) is 5.80. The van der Waals surface area contributed by atoms with Gasteiger partial charge in [0.1, 0.15) is 11.2 Å². The van der Waals surface area contributed by atoms with Gasteiger partial charge in [0.05, 0.1) is 25.4 Å². The highest BCUT2D eigenvalue weighted by atomic mass is 35.5. The van der Waals surface area contributed by atoms with Crippen molar-refractivity contribution in [3.05, 3.63) is 36.2 Å². The average Bonchev–Trinajstić information content (AvgIpc) is 3.17. The number of pyridine rings is 2. The van der Waals surface area contributed by atoms with Gasteiger partial charge in [-0.2, -0.15) is 0 Å². The van der Waals surface area contributed by atoms with E-state index >= 15 is 0 Å². The predicted molar refractivity (Wildman–Crippen MR) is 103 cm³/mol. The molecular formula is C19H19ClN4O2. The van der Waals surface area contributed by atoms with Crippen molar-refractivity contribution in [2.75, 3.05) is 14.2 Å². The van der Waals surface area contributed by atoms with Crippen LogP contribution in [0.2, 0.25) is 0 Å². The molecule has 0 atom stereocenters. The summed E-state index contributed by atoms with van der Waals surface area (Å²) >= 11 is 6.10. The normalized spacial score (nSPS) is 11.4. The van der Waals surface area contributed by atoms with Crippen LogP contribution in [-0.4, -0.2) is 33.3 Å². The number of methoxy groups -OCH3 is 2. The first-order valence-electron chi connectivity index (χ1n) is 8.16. The molecule has 7 heteroatoms. The standard InChI is InChI=1S/C19H19ClN4O2/c1-23-10-13(17-15(23)8-16(25-3)19(22-17)26-4)14-7-12-11(9-20)5-6-21-18(12)24(14)2/h5-8,10H,9H2,1-4H3. The molecule has 0 unspecified atom stereocenters. The summed E-state index contributed by atoms with van der Waals surface area (Å²) in [6, 6.07) is 6.01. The van der Waals surface area contributed by atoms with Gasteiger partial charge in [0.25, 0.3) is 5.88 Å². The molecule has 4 aromatic rings. The van der Waals surface area contributed by atoms with E-state index in [-0.39, 0.29) is 0 Å². The first kappa shape index (κ1) is 16.7. The van der Waals surface area contributed by atoms with Crippen molar-refractivity contribution < 1.29 is 9.47 Å². The fraction of sp³-hybridized carbons (Fsp3) is 0.263. The molecule has 6 nitrogen and oxygen atoms in total. The van der Waals surface area contributed by atoms with Crippen LogP contribution < -0.4 is 9.47 Å². The number of aromatic nitrogens is 4. The molecule has 0 aromatic carbocycles. The topological polar surface area (TPSA) is 54.1 Å². The summed E-state index contributed by atoms with van der Waals surface area (Å²) in [6.07, 6.45) is 3.85. The second kappa shape index (κ2) is 6.21. The van der Waals surface area contributed by atoms with Crippen LogP contribution >= 0.6 is 11.6 Å². The van der Waals surface area contributed by atoms with Crippen molar-refractivity contribution in [3.8, 4) is 22.9 Å². The van der Waals surface area contributed by atoms with E-state index < -0.39 is 0 Å². The van der Waals surface area contributed by atoms with E-state index in [4.69, 9.17) is 21.1 Å². The van der Waals surface area contributed by atoms with Crippen LogP contribution in [0.1, 0.15) is 5.56 Å². The van der Waals surface area contributed by atoms with Crippen LogP contribution in [0, 0.1) is 0 Å². The molecule has 4 aromatic heterocycles. The second-order valence-corrected chi connectivity index (χ2v) is 6.42. The van der Waals surface area contributed by atoms with Gasteiger partial charge in [-0.3, -0.25) is 0 Å².